The molecule has 0 radical (unpaired) electrons. The first-order valence-electron chi connectivity index (χ1n) is 5.98. The van der Waals surface area contributed by atoms with Crippen LogP contribution in [0.25, 0.3) is 0 Å². The first kappa shape index (κ1) is 12.1. The van der Waals surface area contributed by atoms with Crippen molar-refractivity contribution in [2.24, 2.45) is 0 Å². The van der Waals surface area contributed by atoms with Gasteiger partial charge in [-0.05, 0) is 25.1 Å². The molecule has 2 aromatic rings. The molecule has 0 spiro atoms. The Morgan fingerprint density at radius 1 is 1.26 bits per heavy atom. The number of halogens is 1. The van der Waals surface area contributed by atoms with Crippen molar-refractivity contribution >= 4 is 17.3 Å². The molecule has 1 aromatic carbocycles. The van der Waals surface area contributed by atoms with Gasteiger partial charge in [0.1, 0.15) is 5.15 Å². The predicted molar refractivity (Wildman–Crippen MR) is 73.9 cm³/mol. The van der Waals surface area contributed by atoms with Gasteiger partial charge in [0.25, 0.3) is 0 Å². The Hall–Kier alpha value is -1.94. The number of fused-ring (bicyclic) bond motifs is 1. The van der Waals surface area contributed by atoms with Crippen molar-refractivity contribution in [2.75, 3.05) is 12.1 Å². The number of aryl methyl sites for hydroxylation is 1. The number of pyridine rings is 1. The molecule has 98 valence electrons. The molecule has 1 aliphatic heterocycles. The van der Waals surface area contributed by atoms with Gasteiger partial charge in [0, 0.05) is 12.1 Å². The minimum Gasteiger partial charge on any atom is -0.454 e. The molecule has 0 fully saturated rings. The number of nitrogens with zero attached hydrogens (tertiary/aromatic N) is 1. The highest BCUT2D eigenvalue weighted by Crippen LogP contribution is 2.35. The van der Waals surface area contributed by atoms with Crippen LogP contribution in [0.4, 0.5) is 5.69 Å². The standard InChI is InChI=1S/C14H13ClN2O2/c1-9-11(5-6-13(15)17-9)16-7-10-3-2-4-12-14(10)19-8-18-12/h2-6,16H,7-8H2,1H3. The molecule has 5 heteroatoms. The molecule has 0 aliphatic carbocycles. The lowest BCUT2D eigenvalue weighted by Gasteiger charge is -2.10. The third-order valence-corrected chi connectivity index (χ3v) is 3.21. The van der Waals surface area contributed by atoms with Gasteiger partial charge in [0.05, 0.1) is 11.4 Å². The van der Waals surface area contributed by atoms with Crippen molar-refractivity contribution in [3.05, 3.63) is 46.7 Å². The largest absolute Gasteiger partial charge is 0.454 e. The molecule has 1 aliphatic rings. The van der Waals surface area contributed by atoms with Crippen molar-refractivity contribution in [1.82, 2.24) is 4.98 Å². The van der Waals surface area contributed by atoms with Gasteiger partial charge in [-0.3, -0.25) is 0 Å². The quantitative estimate of drug-likeness (QED) is 0.873. The Morgan fingerprint density at radius 3 is 3.00 bits per heavy atom. The van der Waals surface area contributed by atoms with Crippen molar-refractivity contribution in [2.45, 2.75) is 13.5 Å². The van der Waals surface area contributed by atoms with E-state index in [0.29, 0.717) is 11.7 Å². The normalized spacial score (nSPS) is 12.5. The summed E-state index contributed by atoms with van der Waals surface area (Å²) in [7, 11) is 0. The van der Waals surface area contributed by atoms with E-state index in [1.165, 1.54) is 0 Å². The number of ether oxygens (including phenoxy) is 2. The Morgan fingerprint density at radius 2 is 2.16 bits per heavy atom. The van der Waals surface area contributed by atoms with Crippen LogP contribution in [0.3, 0.4) is 0 Å². The molecule has 0 unspecified atom stereocenters. The van der Waals surface area contributed by atoms with Crippen LogP contribution in [0.15, 0.2) is 30.3 Å². The first-order chi connectivity index (χ1) is 9.24. The van der Waals surface area contributed by atoms with Crippen LogP contribution in [-0.4, -0.2) is 11.8 Å². The summed E-state index contributed by atoms with van der Waals surface area (Å²) >= 11 is 5.84. The topological polar surface area (TPSA) is 43.4 Å². The summed E-state index contributed by atoms with van der Waals surface area (Å²) in [4.78, 5) is 4.21. The first-order valence-corrected chi connectivity index (χ1v) is 6.36. The second kappa shape index (κ2) is 4.97. The number of hydrogen-bond donors (Lipinski definition) is 1. The fourth-order valence-electron chi connectivity index (χ4n) is 2.04. The molecule has 0 bridgehead atoms. The summed E-state index contributed by atoms with van der Waals surface area (Å²) in [5, 5.41) is 3.83. The van der Waals surface area contributed by atoms with E-state index in [-0.39, 0.29) is 6.79 Å². The lowest BCUT2D eigenvalue weighted by Crippen LogP contribution is -2.03. The number of anilines is 1. The summed E-state index contributed by atoms with van der Waals surface area (Å²) in [5.74, 6) is 1.61. The molecule has 0 saturated carbocycles. The van der Waals surface area contributed by atoms with E-state index < -0.39 is 0 Å². The Bertz CT molecular complexity index is 616. The Balaban J connectivity index is 1.78. The zero-order valence-electron chi connectivity index (χ0n) is 10.4. The highest BCUT2D eigenvalue weighted by atomic mass is 35.5. The molecular weight excluding hydrogens is 264 g/mol. The van der Waals surface area contributed by atoms with Gasteiger partial charge >= 0.3 is 0 Å². The SMILES string of the molecule is Cc1nc(Cl)ccc1NCc1cccc2c1OCO2. The molecule has 4 nitrogen and oxygen atoms in total. The third kappa shape index (κ3) is 2.44. The average Bonchev–Trinajstić information content (AvgIpc) is 2.86. The molecule has 0 saturated heterocycles. The lowest BCUT2D eigenvalue weighted by molar-refractivity contribution is 0.173. The van der Waals surface area contributed by atoms with Gasteiger partial charge in [-0.1, -0.05) is 23.7 Å². The summed E-state index contributed by atoms with van der Waals surface area (Å²) in [6.45, 7) is 2.85. The molecule has 0 atom stereocenters. The van der Waals surface area contributed by atoms with E-state index in [9.17, 15) is 0 Å². The van der Waals surface area contributed by atoms with Gasteiger partial charge in [-0.25, -0.2) is 4.98 Å². The van der Waals surface area contributed by atoms with Gasteiger partial charge < -0.3 is 14.8 Å². The summed E-state index contributed by atoms with van der Waals surface area (Å²) in [6, 6.07) is 9.56. The molecule has 0 amide bonds. The Labute approximate surface area is 116 Å². The third-order valence-electron chi connectivity index (χ3n) is 3.00. The van der Waals surface area contributed by atoms with E-state index in [1.807, 2.05) is 31.2 Å². The molecule has 1 aromatic heterocycles. The van der Waals surface area contributed by atoms with Gasteiger partial charge in [-0.2, -0.15) is 0 Å². The van der Waals surface area contributed by atoms with Gasteiger partial charge in [-0.15, -0.1) is 0 Å². The van der Waals surface area contributed by atoms with E-state index >= 15 is 0 Å². The summed E-state index contributed by atoms with van der Waals surface area (Å²) in [5.41, 5.74) is 2.89. The predicted octanol–water partition coefficient (Wildman–Crippen LogP) is 3.38. The highest BCUT2D eigenvalue weighted by Gasteiger charge is 2.16. The monoisotopic (exact) mass is 276 g/mol. The number of nitrogens with one attached hydrogen (secondary N) is 1. The van der Waals surface area contributed by atoms with E-state index in [2.05, 4.69) is 10.3 Å². The number of hydrogen-bond acceptors (Lipinski definition) is 4. The fraction of sp³-hybridized carbons (Fsp3) is 0.214. The number of para-hydroxylation sites is 1. The van der Waals surface area contributed by atoms with Crippen LogP contribution in [0.1, 0.15) is 11.3 Å². The van der Waals surface area contributed by atoms with Gasteiger partial charge in [0.2, 0.25) is 6.79 Å². The van der Waals surface area contributed by atoms with E-state index in [4.69, 9.17) is 21.1 Å². The smallest absolute Gasteiger partial charge is 0.231 e. The van der Waals surface area contributed by atoms with Crippen LogP contribution in [0, 0.1) is 6.92 Å². The number of aromatic nitrogens is 1. The molecule has 3 rings (SSSR count). The average molecular weight is 277 g/mol. The van der Waals surface area contributed by atoms with Crippen molar-refractivity contribution in [3.8, 4) is 11.5 Å². The van der Waals surface area contributed by atoms with Crippen molar-refractivity contribution in [1.29, 1.82) is 0 Å². The minimum atomic E-state index is 0.286. The zero-order valence-corrected chi connectivity index (χ0v) is 11.2. The van der Waals surface area contributed by atoms with E-state index in [1.54, 1.807) is 6.07 Å². The summed E-state index contributed by atoms with van der Waals surface area (Å²) < 4.78 is 10.8. The maximum absolute atomic E-state index is 5.84. The molecular formula is C14H13ClN2O2. The maximum Gasteiger partial charge on any atom is 0.231 e. The van der Waals surface area contributed by atoms with Crippen molar-refractivity contribution in [3.63, 3.8) is 0 Å². The molecule has 2 heterocycles. The molecule has 1 N–H and O–H groups in total. The second-order valence-corrected chi connectivity index (χ2v) is 4.66. The van der Waals surface area contributed by atoms with Crippen LogP contribution < -0.4 is 14.8 Å². The second-order valence-electron chi connectivity index (χ2n) is 4.27. The number of benzene rings is 1. The highest BCUT2D eigenvalue weighted by molar-refractivity contribution is 6.29. The lowest BCUT2D eigenvalue weighted by atomic mass is 10.2. The van der Waals surface area contributed by atoms with Crippen LogP contribution >= 0.6 is 11.6 Å². The summed E-state index contributed by atoms with van der Waals surface area (Å²) in [6.07, 6.45) is 0. The maximum atomic E-state index is 5.84. The van der Waals surface area contributed by atoms with E-state index in [0.717, 1.165) is 28.4 Å². The van der Waals surface area contributed by atoms with Crippen molar-refractivity contribution < 1.29 is 9.47 Å². The fourth-order valence-corrected chi connectivity index (χ4v) is 2.23. The molecule has 19 heavy (non-hydrogen) atoms. The van der Waals surface area contributed by atoms with Gasteiger partial charge in [0.15, 0.2) is 11.5 Å². The minimum absolute atomic E-state index is 0.286. The Kier molecular flexibility index (Phi) is 3.17. The van der Waals surface area contributed by atoms with Crippen LogP contribution in [-0.2, 0) is 6.54 Å². The number of rotatable bonds is 3. The van der Waals surface area contributed by atoms with Crippen LogP contribution in [0.2, 0.25) is 5.15 Å². The zero-order chi connectivity index (χ0) is 13.2. The van der Waals surface area contributed by atoms with Crippen LogP contribution in [0.5, 0.6) is 11.5 Å².